The van der Waals surface area contributed by atoms with Gasteiger partial charge >= 0.3 is 0 Å². The molecule has 1 fully saturated rings. The first-order valence-corrected chi connectivity index (χ1v) is 14.1. The molecule has 3 aromatic rings. The van der Waals surface area contributed by atoms with Crippen LogP contribution in [0.25, 0.3) is 5.69 Å². The second-order valence-corrected chi connectivity index (χ2v) is 12.6. The molecule has 1 atom stereocenters. The van der Waals surface area contributed by atoms with E-state index in [1.807, 2.05) is 35.0 Å². The van der Waals surface area contributed by atoms with E-state index in [4.69, 9.17) is 16.7 Å². The zero-order valence-corrected chi connectivity index (χ0v) is 23.5. The number of amides is 2. The summed E-state index contributed by atoms with van der Waals surface area (Å²) in [6.45, 7) is 10.5. The van der Waals surface area contributed by atoms with Gasteiger partial charge in [0.1, 0.15) is 12.4 Å². The average molecular weight is 537 g/mol. The molecule has 5 rings (SSSR count). The van der Waals surface area contributed by atoms with Crippen LogP contribution in [0.3, 0.4) is 0 Å². The van der Waals surface area contributed by atoms with Gasteiger partial charge in [0.05, 0.1) is 22.4 Å². The van der Waals surface area contributed by atoms with Crippen molar-refractivity contribution in [2.45, 2.75) is 64.2 Å². The number of aromatic nitrogens is 2. The number of carbonyl (C=O) groups excluding carboxylic acids is 2. The van der Waals surface area contributed by atoms with E-state index in [0.29, 0.717) is 10.8 Å². The third kappa shape index (κ3) is 5.30. The van der Waals surface area contributed by atoms with E-state index in [1.54, 1.807) is 16.7 Å². The SMILES string of the molecule is Cc1ccc(-n2nc(C(C)(C)C)c3c2N(CC(=O)NC2CC2)C(=O)CS[C@H]3c2cccc(Cl)c2)c(C)c1. The summed E-state index contributed by atoms with van der Waals surface area (Å²) in [7, 11) is 0. The van der Waals surface area contributed by atoms with Crippen LogP contribution in [-0.2, 0) is 15.0 Å². The van der Waals surface area contributed by atoms with E-state index in [-0.39, 0.29) is 40.8 Å². The highest BCUT2D eigenvalue weighted by Crippen LogP contribution is 2.48. The fourth-order valence-corrected chi connectivity index (χ4v) is 6.25. The van der Waals surface area contributed by atoms with E-state index < -0.39 is 0 Å². The van der Waals surface area contributed by atoms with E-state index in [9.17, 15) is 9.59 Å². The quantitative estimate of drug-likeness (QED) is 0.441. The third-order valence-electron chi connectivity index (χ3n) is 6.78. The fourth-order valence-electron chi connectivity index (χ4n) is 4.86. The monoisotopic (exact) mass is 536 g/mol. The summed E-state index contributed by atoms with van der Waals surface area (Å²) in [6, 6.07) is 14.2. The molecule has 1 aromatic heterocycles. The molecular weight excluding hydrogens is 504 g/mol. The Morgan fingerprint density at radius 2 is 1.92 bits per heavy atom. The van der Waals surface area contributed by atoms with Crippen molar-refractivity contribution < 1.29 is 9.59 Å². The van der Waals surface area contributed by atoms with Crippen molar-refractivity contribution in [2.24, 2.45) is 0 Å². The fraction of sp³-hybridized carbons (Fsp3) is 0.414. The molecule has 0 spiro atoms. The molecule has 8 heteroatoms. The third-order valence-corrected chi connectivity index (χ3v) is 8.27. The Hall–Kier alpha value is -2.77. The normalized spacial score (nSPS) is 17.9. The molecule has 2 amide bonds. The van der Waals surface area contributed by atoms with Gasteiger partial charge in [-0.25, -0.2) is 4.68 Å². The van der Waals surface area contributed by atoms with Crippen molar-refractivity contribution in [1.82, 2.24) is 15.1 Å². The highest BCUT2D eigenvalue weighted by Gasteiger charge is 2.40. The van der Waals surface area contributed by atoms with Crippen LogP contribution in [-0.4, -0.2) is 39.9 Å². The second kappa shape index (κ2) is 9.84. The zero-order chi connectivity index (χ0) is 26.5. The summed E-state index contributed by atoms with van der Waals surface area (Å²) in [5.74, 6) is 0.675. The van der Waals surface area contributed by atoms with Crippen LogP contribution in [0.2, 0.25) is 5.02 Å². The number of benzene rings is 2. The number of halogens is 1. The standard InChI is InChI=1S/C29H33ClN4O2S/c1-17-9-12-22(18(2)13-17)34-28-25(27(32-34)29(3,4)5)26(19-7-6-8-20(30)14-19)37-16-24(36)33(28)15-23(35)31-21-10-11-21/h6-9,12-14,21,26H,10-11,15-16H2,1-5H3,(H,31,35)/t26-/m0/s1. The number of rotatable bonds is 5. The minimum Gasteiger partial charge on any atom is -0.352 e. The maximum atomic E-state index is 13.7. The van der Waals surface area contributed by atoms with Crippen LogP contribution in [0.15, 0.2) is 42.5 Å². The molecule has 1 saturated carbocycles. The molecule has 0 unspecified atom stereocenters. The summed E-state index contributed by atoms with van der Waals surface area (Å²) in [5.41, 5.74) is 5.68. The smallest absolute Gasteiger partial charge is 0.240 e. The number of anilines is 1. The van der Waals surface area contributed by atoms with Gasteiger partial charge in [-0.15, -0.1) is 11.8 Å². The Morgan fingerprint density at radius 1 is 1.16 bits per heavy atom. The number of hydrogen-bond donors (Lipinski definition) is 1. The van der Waals surface area contributed by atoms with Crippen molar-refractivity contribution >= 4 is 41.0 Å². The molecule has 0 bridgehead atoms. The van der Waals surface area contributed by atoms with Crippen molar-refractivity contribution in [1.29, 1.82) is 0 Å². The van der Waals surface area contributed by atoms with Crippen LogP contribution in [0.5, 0.6) is 0 Å². The van der Waals surface area contributed by atoms with Crippen LogP contribution in [0.1, 0.15) is 66.8 Å². The summed E-state index contributed by atoms with van der Waals surface area (Å²) < 4.78 is 1.89. The zero-order valence-electron chi connectivity index (χ0n) is 22.0. The Morgan fingerprint density at radius 3 is 2.57 bits per heavy atom. The van der Waals surface area contributed by atoms with Gasteiger partial charge in [0.2, 0.25) is 11.8 Å². The van der Waals surface area contributed by atoms with Crippen molar-refractivity contribution in [3.63, 3.8) is 0 Å². The number of carbonyl (C=O) groups is 2. The van der Waals surface area contributed by atoms with Crippen LogP contribution in [0, 0.1) is 13.8 Å². The maximum Gasteiger partial charge on any atom is 0.240 e. The topological polar surface area (TPSA) is 67.2 Å². The van der Waals surface area contributed by atoms with E-state index in [2.05, 4.69) is 52.1 Å². The Labute approximate surface area is 227 Å². The van der Waals surface area contributed by atoms with Gasteiger partial charge in [0, 0.05) is 22.0 Å². The Kier molecular flexibility index (Phi) is 6.88. The maximum absolute atomic E-state index is 13.7. The van der Waals surface area contributed by atoms with Crippen LogP contribution < -0.4 is 10.2 Å². The summed E-state index contributed by atoms with van der Waals surface area (Å²) in [6.07, 6.45) is 1.98. The molecule has 0 saturated heterocycles. The minimum absolute atomic E-state index is 0.0364. The molecule has 2 aliphatic rings. The highest BCUT2D eigenvalue weighted by atomic mass is 35.5. The average Bonchev–Trinajstić information content (AvgIpc) is 3.56. The van der Waals surface area contributed by atoms with Crippen molar-refractivity contribution in [3.05, 3.63) is 75.4 Å². The lowest BCUT2D eigenvalue weighted by atomic mass is 9.87. The number of fused-ring (bicyclic) bond motifs is 1. The molecule has 0 radical (unpaired) electrons. The van der Waals surface area contributed by atoms with E-state index in [0.717, 1.165) is 46.5 Å². The van der Waals surface area contributed by atoms with Gasteiger partial charge in [-0.1, -0.05) is 62.2 Å². The summed E-state index contributed by atoms with van der Waals surface area (Å²) in [5, 5.41) is 8.71. The lowest BCUT2D eigenvalue weighted by Crippen LogP contribution is -2.43. The predicted molar refractivity (Wildman–Crippen MR) is 151 cm³/mol. The molecular formula is C29H33ClN4O2S. The molecule has 1 aliphatic heterocycles. The van der Waals surface area contributed by atoms with Gasteiger partial charge in [-0.2, -0.15) is 5.10 Å². The molecule has 37 heavy (non-hydrogen) atoms. The first-order valence-electron chi connectivity index (χ1n) is 12.7. The number of nitrogens with one attached hydrogen (secondary N) is 1. The first-order chi connectivity index (χ1) is 17.5. The molecule has 2 heterocycles. The van der Waals surface area contributed by atoms with E-state index >= 15 is 0 Å². The van der Waals surface area contributed by atoms with Crippen LogP contribution >= 0.6 is 23.4 Å². The number of hydrogen-bond acceptors (Lipinski definition) is 4. The van der Waals surface area contributed by atoms with Gasteiger partial charge in [0.15, 0.2) is 0 Å². The highest BCUT2D eigenvalue weighted by molar-refractivity contribution is 8.00. The molecule has 2 aromatic carbocycles. The molecule has 194 valence electrons. The number of aryl methyl sites for hydroxylation is 2. The number of nitrogens with zero attached hydrogens (tertiary/aromatic N) is 3. The van der Waals surface area contributed by atoms with Crippen molar-refractivity contribution in [2.75, 3.05) is 17.2 Å². The second-order valence-electron chi connectivity index (χ2n) is 11.1. The minimum atomic E-state index is -0.305. The van der Waals surface area contributed by atoms with E-state index in [1.165, 1.54) is 0 Å². The number of thioether (sulfide) groups is 1. The summed E-state index contributed by atoms with van der Waals surface area (Å²) in [4.78, 5) is 28.4. The molecule has 1 N–H and O–H groups in total. The van der Waals surface area contributed by atoms with Crippen LogP contribution in [0.4, 0.5) is 5.82 Å². The molecule has 6 nitrogen and oxygen atoms in total. The lowest BCUT2D eigenvalue weighted by Gasteiger charge is -2.25. The van der Waals surface area contributed by atoms with Gasteiger partial charge in [-0.3, -0.25) is 14.5 Å². The van der Waals surface area contributed by atoms with Gasteiger partial charge in [0.25, 0.3) is 0 Å². The largest absolute Gasteiger partial charge is 0.352 e. The predicted octanol–water partition coefficient (Wildman–Crippen LogP) is 5.89. The molecule has 1 aliphatic carbocycles. The van der Waals surface area contributed by atoms with Crippen molar-refractivity contribution in [3.8, 4) is 5.69 Å². The van der Waals surface area contributed by atoms with Gasteiger partial charge in [-0.05, 0) is 56.0 Å². The summed E-state index contributed by atoms with van der Waals surface area (Å²) >= 11 is 7.98. The van der Waals surface area contributed by atoms with Gasteiger partial charge < -0.3 is 5.32 Å². The first kappa shape index (κ1) is 25.9. The Balaban J connectivity index is 1.77. The lowest BCUT2D eigenvalue weighted by molar-refractivity contribution is -0.123. The Bertz CT molecular complexity index is 1370.